The summed E-state index contributed by atoms with van der Waals surface area (Å²) in [5.41, 5.74) is 0.482. The number of amides is 3. The summed E-state index contributed by atoms with van der Waals surface area (Å²) in [5, 5.41) is 4.74. The quantitative estimate of drug-likeness (QED) is 0.906. The Bertz CT molecular complexity index is 620. The minimum absolute atomic E-state index is 0.0271. The third-order valence-electron chi connectivity index (χ3n) is 2.47. The summed E-state index contributed by atoms with van der Waals surface area (Å²) in [6.07, 6.45) is 1.33. The number of hydrogen-bond donors (Lipinski definition) is 2. The van der Waals surface area contributed by atoms with Crippen LogP contribution in [0.1, 0.15) is 24.4 Å². The van der Waals surface area contributed by atoms with Gasteiger partial charge in [0, 0.05) is 0 Å². The van der Waals surface area contributed by atoms with Crippen molar-refractivity contribution < 1.29 is 18.7 Å². The first-order valence-electron chi connectivity index (χ1n) is 6.48. The first kappa shape index (κ1) is 14.6. The van der Waals surface area contributed by atoms with Gasteiger partial charge in [-0.2, -0.15) is 0 Å². The van der Waals surface area contributed by atoms with Crippen LogP contribution in [0.25, 0.3) is 0 Å². The molecule has 2 N–H and O–H groups in total. The molecule has 0 radical (unpaired) electrons. The van der Waals surface area contributed by atoms with Gasteiger partial charge in [0.05, 0.1) is 18.1 Å². The number of benzene rings is 1. The van der Waals surface area contributed by atoms with Crippen LogP contribution in [0.3, 0.4) is 0 Å². The highest BCUT2D eigenvalue weighted by atomic mass is 16.5. The van der Waals surface area contributed by atoms with Crippen LogP contribution in [0.2, 0.25) is 0 Å². The van der Waals surface area contributed by atoms with E-state index in [0.717, 1.165) is 0 Å². The molecule has 1 aromatic carbocycles. The van der Waals surface area contributed by atoms with E-state index in [1.807, 2.05) is 13.8 Å². The number of hydrogen-bond acceptors (Lipinski definition) is 4. The van der Waals surface area contributed by atoms with E-state index in [1.165, 1.54) is 12.3 Å². The van der Waals surface area contributed by atoms with Crippen molar-refractivity contribution in [1.82, 2.24) is 5.32 Å². The lowest BCUT2D eigenvalue weighted by Crippen LogP contribution is -2.34. The van der Waals surface area contributed by atoms with Crippen LogP contribution in [0.15, 0.2) is 47.1 Å². The fourth-order valence-electron chi connectivity index (χ4n) is 1.65. The van der Waals surface area contributed by atoms with Gasteiger partial charge in [0.15, 0.2) is 5.76 Å². The van der Waals surface area contributed by atoms with Gasteiger partial charge in [0.25, 0.3) is 5.91 Å². The smallest absolute Gasteiger partial charge is 0.326 e. The molecule has 0 spiro atoms. The first-order valence-corrected chi connectivity index (χ1v) is 6.48. The normalized spacial score (nSPS) is 10.2. The molecule has 0 aliphatic rings. The van der Waals surface area contributed by atoms with Crippen LogP contribution in [-0.2, 0) is 0 Å². The van der Waals surface area contributed by atoms with Crippen LogP contribution in [0.4, 0.5) is 10.5 Å². The fourth-order valence-corrected chi connectivity index (χ4v) is 1.65. The van der Waals surface area contributed by atoms with Crippen LogP contribution in [-0.4, -0.2) is 18.0 Å². The van der Waals surface area contributed by atoms with Crippen molar-refractivity contribution >= 4 is 17.6 Å². The number of carbonyl (C=O) groups is 2. The number of urea groups is 1. The number of carbonyl (C=O) groups excluding carboxylic acids is 2. The molecule has 0 saturated heterocycles. The maximum Gasteiger partial charge on any atom is 0.326 e. The Hall–Kier alpha value is -2.76. The van der Waals surface area contributed by atoms with Crippen molar-refractivity contribution in [2.75, 3.05) is 5.32 Å². The first-order chi connectivity index (χ1) is 10.1. The number of para-hydroxylation sites is 2. The Kier molecular flexibility index (Phi) is 4.61. The average Bonchev–Trinajstić information content (AvgIpc) is 2.94. The minimum Gasteiger partial charge on any atom is -0.489 e. The maximum absolute atomic E-state index is 11.8. The van der Waals surface area contributed by atoms with Gasteiger partial charge in [-0.3, -0.25) is 10.1 Å². The van der Waals surface area contributed by atoms with Crippen molar-refractivity contribution in [3.8, 4) is 5.75 Å². The summed E-state index contributed by atoms with van der Waals surface area (Å²) in [4.78, 5) is 23.5. The third-order valence-corrected chi connectivity index (χ3v) is 2.47. The zero-order chi connectivity index (χ0) is 15.2. The summed E-state index contributed by atoms with van der Waals surface area (Å²) < 4.78 is 10.5. The summed E-state index contributed by atoms with van der Waals surface area (Å²) in [6.45, 7) is 3.77. The lowest BCUT2D eigenvalue weighted by atomic mass is 10.3. The lowest BCUT2D eigenvalue weighted by Gasteiger charge is -2.14. The van der Waals surface area contributed by atoms with Crippen molar-refractivity contribution in [3.63, 3.8) is 0 Å². The molecule has 2 aromatic rings. The Balaban J connectivity index is 2.01. The molecule has 1 heterocycles. The van der Waals surface area contributed by atoms with Gasteiger partial charge >= 0.3 is 6.03 Å². The van der Waals surface area contributed by atoms with Crippen molar-refractivity contribution in [1.29, 1.82) is 0 Å². The van der Waals surface area contributed by atoms with Gasteiger partial charge < -0.3 is 14.5 Å². The van der Waals surface area contributed by atoms with Crippen molar-refractivity contribution in [2.24, 2.45) is 0 Å². The molecule has 2 rings (SSSR count). The molecule has 0 unspecified atom stereocenters. The molecule has 0 aliphatic heterocycles. The van der Waals surface area contributed by atoms with Gasteiger partial charge in [-0.05, 0) is 38.1 Å². The molecule has 21 heavy (non-hydrogen) atoms. The van der Waals surface area contributed by atoms with E-state index in [0.29, 0.717) is 11.4 Å². The predicted molar refractivity (Wildman–Crippen MR) is 77.4 cm³/mol. The van der Waals surface area contributed by atoms with Crippen LogP contribution in [0, 0.1) is 0 Å². The van der Waals surface area contributed by atoms with Gasteiger partial charge in [0.1, 0.15) is 5.75 Å². The van der Waals surface area contributed by atoms with Gasteiger partial charge in [-0.15, -0.1) is 0 Å². The van der Waals surface area contributed by atoms with Crippen molar-refractivity contribution in [3.05, 3.63) is 48.4 Å². The highest BCUT2D eigenvalue weighted by Crippen LogP contribution is 2.24. The predicted octanol–water partition coefficient (Wildman–Crippen LogP) is 3.03. The zero-order valence-electron chi connectivity index (χ0n) is 11.8. The molecule has 6 nitrogen and oxygen atoms in total. The van der Waals surface area contributed by atoms with E-state index in [9.17, 15) is 9.59 Å². The molecule has 110 valence electrons. The van der Waals surface area contributed by atoms with E-state index in [-0.39, 0.29) is 11.9 Å². The second-order valence-corrected chi connectivity index (χ2v) is 4.55. The highest BCUT2D eigenvalue weighted by molar-refractivity contribution is 6.07. The summed E-state index contributed by atoms with van der Waals surface area (Å²) in [5.74, 6) is -0.00952. The molecule has 0 saturated carbocycles. The number of ether oxygens (including phenoxy) is 1. The molecule has 0 atom stereocenters. The van der Waals surface area contributed by atoms with Gasteiger partial charge in [-0.25, -0.2) is 4.79 Å². The van der Waals surface area contributed by atoms with E-state index in [1.54, 1.807) is 30.3 Å². The lowest BCUT2D eigenvalue weighted by molar-refractivity contribution is 0.0940. The number of nitrogens with one attached hydrogen (secondary N) is 2. The Morgan fingerprint density at radius 1 is 1.14 bits per heavy atom. The third kappa shape index (κ3) is 4.10. The molecular formula is C15H16N2O4. The summed E-state index contributed by atoms with van der Waals surface area (Å²) in [6, 6.07) is 9.37. The molecule has 0 bridgehead atoms. The topological polar surface area (TPSA) is 80.6 Å². The molecule has 0 aliphatic carbocycles. The number of furan rings is 1. The maximum atomic E-state index is 11.8. The van der Waals surface area contributed by atoms with E-state index in [2.05, 4.69) is 10.6 Å². The number of anilines is 1. The zero-order valence-corrected chi connectivity index (χ0v) is 11.8. The van der Waals surface area contributed by atoms with Crippen LogP contribution >= 0.6 is 0 Å². The molecule has 6 heteroatoms. The largest absolute Gasteiger partial charge is 0.489 e. The second kappa shape index (κ2) is 6.60. The van der Waals surface area contributed by atoms with Gasteiger partial charge in [0.2, 0.25) is 0 Å². The average molecular weight is 288 g/mol. The minimum atomic E-state index is -0.656. The van der Waals surface area contributed by atoms with Gasteiger partial charge in [-0.1, -0.05) is 12.1 Å². The highest BCUT2D eigenvalue weighted by Gasteiger charge is 2.14. The van der Waals surface area contributed by atoms with Crippen molar-refractivity contribution in [2.45, 2.75) is 20.0 Å². The van der Waals surface area contributed by atoms with E-state index >= 15 is 0 Å². The Labute approximate surface area is 122 Å². The molecule has 3 amide bonds. The standard InChI is InChI=1S/C15H16N2O4/c1-10(2)21-12-7-4-3-6-11(12)16-15(19)17-14(18)13-8-5-9-20-13/h3-10H,1-2H3,(H2,16,17,18,19). The Morgan fingerprint density at radius 3 is 2.57 bits per heavy atom. The Morgan fingerprint density at radius 2 is 1.90 bits per heavy atom. The summed E-state index contributed by atoms with van der Waals surface area (Å²) >= 11 is 0. The SMILES string of the molecule is CC(C)Oc1ccccc1NC(=O)NC(=O)c1ccco1. The molecular weight excluding hydrogens is 272 g/mol. The second-order valence-electron chi connectivity index (χ2n) is 4.55. The summed E-state index contributed by atoms with van der Waals surface area (Å²) in [7, 11) is 0. The van der Waals surface area contributed by atoms with E-state index < -0.39 is 11.9 Å². The fraction of sp³-hybridized carbons (Fsp3) is 0.200. The number of imide groups is 1. The monoisotopic (exact) mass is 288 g/mol. The van der Waals surface area contributed by atoms with E-state index in [4.69, 9.17) is 9.15 Å². The van der Waals surface area contributed by atoms with Crippen LogP contribution in [0.5, 0.6) is 5.75 Å². The number of rotatable bonds is 4. The molecule has 0 fully saturated rings. The molecule has 1 aromatic heterocycles. The van der Waals surface area contributed by atoms with Crippen LogP contribution < -0.4 is 15.4 Å².